The number of rotatable bonds is 7. The minimum absolute atomic E-state index is 0.456. The van der Waals surface area contributed by atoms with Gasteiger partial charge >= 0.3 is 0 Å². The molecule has 0 aliphatic rings. The summed E-state index contributed by atoms with van der Waals surface area (Å²) in [6.07, 6.45) is 1.05. The highest BCUT2D eigenvalue weighted by Crippen LogP contribution is 2.36. The first-order chi connectivity index (χ1) is 9.40. The van der Waals surface area contributed by atoms with E-state index < -0.39 is 12.1 Å². The standard InChI is InChI=1S/C15H24BrNO3/c1-9(2)5-6-12(18)15(17)10-7-13(19-3)14(20-4)8-11(10)16/h7-9,12,15,18H,5-6,17H2,1-4H3/t12-,15+/m0/s1. The molecule has 0 aromatic heterocycles. The number of benzene rings is 1. The van der Waals surface area contributed by atoms with E-state index in [1.165, 1.54) is 0 Å². The van der Waals surface area contributed by atoms with E-state index in [-0.39, 0.29) is 0 Å². The molecule has 1 rings (SSSR count). The van der Waals surface area contributed by atoms with Gasteiger partial charge in [0.1, 0.15) is 0 Å². The minimum Gasteiger partial charge on any atom is -0.493 e. The first kappa shape index (κ1) is 17.3. The summed E-state index contributed by atoms with van der Waals surface area (Å²) in [7, 11) is 3.16. The van der Waals surface area contributed by atoms with Gasteiger partial charge in [-0.2, -0.15) is 0 Å². The molecule has 0 saturated carbocycles. The Kier molecular flexibility index (Phi) is 6.79. The number of aliphatic hydroxyl groups excluding tert-OH is 1. The van der Waals surface area contributed by atoms with Gasteiger partial charge in [-0.3, -0.25) is 0 Å². The molecule has 4 nitrogen and oxygen atoms in total. The lowest BCUT2D eigenvalue weighted by molar-refractivity contribution is 0.128. The van der Waals surface area contributed by atoms with E-state index in [9.17, 15) is 5.11 Å². The molecule has 0 aliphatic carbocycles. The van der Waals surface area contributed by atoms with Crippen molar-refractivity contribution in [2.24, 2.45) is 11.7 Å². The van der Waals surface area contributed by atoms with Gasteiger partial charge in [-0.1, -0.05) is 29.8 Å². The predicted octanol–water partition coefficient (Wildman–Crippen LogP) is 3.26. The highest BCUT2D eigenvalue weighted by Gasteiger charge is 2.21. The molecule has 5 heteroatoms. The van der Waals surface area contributed by atoms with Crippen molar-refractivity contribution in [3.05, 3.63) is 22.2 Å². The molecule has 114 valence electrons. The Morgan fingerprint density at radius 1 is 1.15 bits per heavy atom. The van der Waals surface area contributed by atoms with Crippen molar-refractivity contribution >= 4 is 15.9 Å². The lowest BCUT2D eigenvalue weighted by atomic mass is 9.96. The summed E-state index contributed by atoms with van der Waals surface area (Å²) in [5.74, 6) is 1.79. The Labute approximate surface area is 129 Å². The minimum atomic E-state index is -0.577. The fourth-order valence-electron chi connectivity index (χ4n) is 2.02. The Hall–Kier alpha value is -0.780. The van der Waals surface area contributed by atoms with Crippen LogP contribution < -0.4 is 15.2 Å². The van der Waals surface area contributed by atoms with E-state index in [2.05, 4.69) is 29.8 Å². The second kappa shape index (κ2) is 7.86. The van der Waals surface area contributed by atoms with Crippen molar-refractivity contribution < 1.29 is 14.6 Å². The van der Waals surface area contributed by atoms with Gasteiger partial charge < -0.3 is 20.3 Å². The van der Waals surface area contributed by atoms with Crippen LogP contribution in [0, 0.1) is 5.92 Å². The third kappa shape index (κ3) is 4.36. The van der Waals surface area contributed by atoms with Crippen LogP contribution >= 0.6 is 15.9 Å². The van der Waals surface area contributed by atoms with Crippen LogP contribution in [0.25, 0.3) is 0 Å². The van der Waals surface area contributed by atoms with Crippen molar-refractivity contribution in [2.45, 2.75) is 38.8 Å². The van der Waals surface area contributed by atoms with Crippen LogP contribution in [-0.4, -0.2) is 25.4 Å². The van der Waals surface area contributed by atoms with E-state index in [0.717, 1.165) is 16.5 Å². The van der Waals surface area contributed by atoms with Crippen molar-refractivity contribution in [1.82, 2.24) is 0 Å². The van der Waals surface area contributed by atoms with E-state index in [1.54, 1.807) is 14.2 Å². The highest BCUT2D eigenvalue weighted by molar-refractivity contribution is 9.10. The zero-order valence-corrected chi connectivity index (χ0v) is 14.1. The topological polar surface area (TPSA) is 64.7 Å². The van der Waals surface area contributed by atoms with Crippen molar-refractivity contribution in [3.8, 4) is 11.5 Å². The molecular formula is C15H24BrNO3. The van der Waals surface area contributed by atoms with Crippen molar-refractivity contribution in [1.29, 1.82) is 0 Å². The number of methoxy groups -OCH3 is 2. The van der Waals surface area contributed by atoms with Gasteiger partial charge in [0.15, 0.2) is 11.5 Å². The van der Waals surface area contributed by atoms with Crippen molar-refractivity contribution in [2.75, 3.05) is 14.2 Å². The van der Waals surface area contributed by atoms with E-state index in [0.29, 0.717) is 23.8 Å². The number of hydrogen-bond donors (Lipinski definition) is 2. The third-order valence-corrected chi connectivity index (χ3v) is 4.00. The normalized spacial score (nSPS) is 14.2. The monoisotopic (exact) mass is 345 g/mol. The summed E-state index contributed by atoms with van der Waals surface area (Å²) in [6, 6.07) is 3.16. The molecule has 0 heterocycles. The van der Waals surface area contributed by atoms with Crippen LogP contribution in [0.5, 0.6) is 11.5 Å². The number of aliphatic hydroxyl groups is 1. The van der Waals surface area contributed by atoms with E-state index in [1.807, 2.05) is 12.1 Å². The van der Waals surface area contributed by atoms with Gasteiger partial charge in [-0.05, 0) is 36.5 Å². The molecule has 2 atom stereocenters. The van der Waals surface area contributed by atoms with Crippen LogP contribution in [0.4, 0.5) is 0 Å². The zero-order valence-electron chi connectivity index (χ0n) is 12.5. The first-order valence-corrected chi connectivity index (χ1v) is 7.55. The molecule has 0 saturated heterocycles. The molecule has 0 aliphatic heterocycles. The van der Waals surface area contributed by atoms with Crippen LogP contribution in [0.1, 0.15) is 38.3 Å². The lowest BCUT2D eigenvalue weighted by Gasteiger charge is -2.22. The number of nitrogens with two attached hydrogens (primary N) is 1. The Morgan fingerprint density at radius 2 is 1.70 bits per heavy atom. The first-order valence-electron chi connectivity index (χ1n) is 6.75. The number of ether oxygens (including phenoxy) is 2. The molecule has 0 unspecified atom stereocenters. The van der Waals surface area contributed by atoms with Crippen LogP contribution in [0.2, 0.25) is 0 Å². The van der Waals surface area contributed by atoms with Gasteiger partial charge in [0.25, 0.3) is 0 Å². The SMILES string of the molecule is COc1cc(Br)c([C@@H](N)[C@@H](O)CCC(C)C)cc1OC. The molecule has 0 radical (unpaired) electrons. The predicted molar refractivity (Wildman–Crippen MR) is 84.3 cm³/mol. The number of halogens is 1. The van der Waals surface area contributed by atoms with Gasteiger partial charge in [-0.25, -0.2) is 0 Å². The molecule has 0 amide bonds. The van der Waals surface area contributed by atoms with Gasteiger partial charge in [-0.15, -0.1) is 0 Å². The average molecular weight is 346 g/mol. The molecular weight excluding hydrogens is 322 g/mol. The second-order valence-corrected chi connectivity index (χ2v) is 6.15. The molecule has 1 aromatic rings. The number of hydrogen-bond acceptors (Lipinski definition) is 4. The second-order valence-electron chi connectivity index (χ2n) is 5.29. The Morgan fingerprint density at radius 3 is 2.20 bits per heavy atom. The maximum Gasteiger partial charge on any atom is 0.161 e. The summed E-state index contributed by atoms with van der Waals surface area (Å²) in [5, 5.41) is 10.2. The molecule has 20 heavy (non-hydrogen) atoms. The van der Waals surface area contributed by atoms with E-state index >= 15 is 0 Å². The summed E-state index contributed by atoms with van der Waals surface area (Å²) in [6.45, 7) is 4.26. The van der Waals surface area contributed by atoms with Crippen LogP contribution in [0.3, 0.4) is 0 Å². The molecule has 0 fully saturated rings. The highest BCUT2D eigenvalue weighted by atomic mass is 79.9. The molecule has 1 aromatic carbocycles. The summed E-state index contributed by atoms with van der Waals surface area (Å²) >= 11 is 3.47. The molecule has 3 N–H and O–H groups in total. The fourth-order valence-corrected chi connectivity index (χ4v) is 2.60. The zero-order chi connectivity index (χ0) is 15.3. The van der Waals surface area contributed by atoms with Gasteiger partial charge in [0.2, 0.25) is 0 Å². The molecule has 0 bridgehead atoms. The quantitative estimate of drug-likeness (QED) is 0.795. The average Bonchev–Trinajstić information content (AvgIpc) is 2.43. The lowest BCUT2D eigenvalue weighted by Crippen LogP contribution is -2.27. The van der Waals surface area contributed by atoms with Gasteiger partial charge in [0.05, 0.1) is 26.4 Å². The Bertz CT molecular complexity index is 437. The summed E-state index contributed by atoms with van der Waals surface area (Å²) < 4.78 is 11.3. The fraction of sp³-hybridized carbons (Fsp3) is 0.600. The largest absolute Gasteiger partial charge is 0.493 e. The van der Waals surface area contributed by atoms with Gasteiger partial charge in [0, 0.05) is 4.47 Å². The summed E-state index contributed by atoms with van der Waals surface area (Å²) in [5.41, 5.74) is 6.98. The van der Waals surface area contributed by atoms with E-state index in [4.69, 9.17) is 15.2 Å². The molecule has 0 spiro atoms. The smallest absolute Gasteiger partial charge is 0.161 e. The maximum atomic E-state index is 10.2. The Balaban J connectivity index is 2.94. The van der Waals surface area contributed by atoms with Crippen LogP contribution in [0.15, 0.2) is 16.6 Å². The van der Waals surface area contributed by atoms with Crippen molar-refractivity contribution in [3.63, 3.8) is 0 Å². The summed E-state index contributed by atoms with van der Waals surface area (Å²) in [4.78, 5) is 0. The maximum absolute atomic E-state index is 10.2. The van der Waals surface area contributed by atoms with Crippen LogP contribution in [-0.2, 0) is 0 Å². The third-order valence-electron chi connectivity index (χ3n) is 3.32.